The van der Waals surface area contributed by atoms with Gasteiger partial charge in [-0.25, -0.2) is 9.67 Å². The van der Waals surface area contributed by atoms with Crippen molar-refractivity contribution >= 4 is 5.91 Å². The largest absolute Gasteiger partial charge is 0.332 e. The zero-order valence-corrected chi connectivity index (χ0v) is 16.3. The molecule has 0 fully saturated rings. The van der Waals surface area contributed by atoms with Gasteiger partial charge in [-0.3, -0.25) is 9.59 Å². The van der Waals surface area contributed by atoms with E-state index in [0.29, 0.717) is 18.8 Å². The first-order valence-corrected chi connectivity index (χ1v) is 9.28. The third-order valence-corrected chi connectivity index (χ3v) is 5.14. The number of pyridine rings is 2. The van der Waals surface area contributed by atoms with Gasteiger partial charge >= 0.3 is 0 Å². The van der Waals surface area contributed by atoms with E-state index in [4.69, 9.17) is 0 Å². The van der Waals surface area contributed by atoms with Crippen LogP contribution in [-0.4, -0.2) is 36.7 Å². The Labute approximate surface area is 163 Å². The molecule has 0 saturated heterocycles. The van der Waals surface area contributed by atoms with Gasteiger partial charge in [0.1, 0.15) is 5.69 Å². The fraction of sp³-hybridized carbons (Fsp3) is 0.333. The second-order valence-electron chi connectivity index (χ2n) is 8.03. The minimum Gasteiger partial charge on any atom is -0.332 e. The van der Waals surface area contributed by atoms with Crippen molar-refractivity contribution in [2.24, 2.45) is 12.5 Å². The third kappa shape index (κ3) is 3.24. The number of fused-ring (bicyclic) bond motifs is 1. The van der Waals surface area contributed by atoms with E-state index in [0.717, 1.165) is 23.5 Å². The quantitative estimate of drug-likeness (QED) is 0.686. The fourth-order valence-corrected chi connectivity index (χ4v) is 3.78. The number of rotatable bonds is 2. The SMILES string of the molecule is Cn1c(C(=O)N2Cc3cnn(-c4ccccn4)c3CC(C)(C)C2)cccc1=O. The number of amides is 1. The summed E-state index contributed by atoms with van der Waals surface area (Å²) < 4.78 is 3.27. The van der Waals surface area contributed by atoms with E-state index < -0.39 is 0 Å². The van der Waals surface area contributed by atoms with Crippen LogP contribution in [0.4, 0.5) is 0 Å². The van der Waals surface area contributed by atoms with E-state index in [1.807, 2.05) is 34.0 Å². The first-order chi connectivity index (χ1) is 13.4. The summed E-state index contributed by atoms with van der Waals surface area (Å²) in [6.45, 7) is 5.32. The smallest absolute Gasteiger partial charge is 0.270 e. The number of hydrogen-bond acceptors (Lipinski definition) is 4. The average molecular weight is 377 g/mol. The zero-order chi connectivity index (χ0) is 19.9. The van der Waals surface area contributed by atoms with Gasteiger partial charge in [-0.2, -0.15) is 5.10 Å². The predicted molar refractivity (Wildman–Crippen MR) is 105 cm³/mol. The zero-order valence-electron chi connectivity index (χ0n) is 16.3. The molecule has 0 spiro atoms. The minimum absolute atomic E-state index is 0.147. The molecule has 1 aliphatic heterocycles. The van der Waals surface area contributed by atoms with Crippen molar-refractivity contribution in [3.8, 4) is 5.82 Å². The lowest BCUT2D eigenvalue weighted by atomic mass is 9.87. The highest BCUT2D eigenvalue weighted by Crippen LogP contribution is 2.31. The van der Waals surface area contributed by atoms with E-state index in [-0.39, 0.29) is 16.9 Å². The summed E-state index contributed by atoms with van der Waals surface area (Å²) in [5.74, 6) is 0.622. The molecule has 0 unspecified atom stereocenters. The lowest BCUT2D eigenvalue weighted by Gasteiger charge is -2.30. The molecule has 4 heterocycles. The lowest BCUT2D eigenvalue weighted by molar-refractivity contribution is 0.0669. The second-order valence-corrected chi connectivity index (χ2v) is 8.03. The molecule has 0 N–H and O–H groups in total. The van der Waals surface area contributed by atoms with E-state index >= 15 is 0 Å². The lowest BCUT2D eigenvalue weighted by Crippen LogP contribution is -2.39. The van der Waals surface area contributed by atoms with Gasteiger partial charge in [0.05, 0.1) is 11.9 Å². The summed E-state index contributed by atoms with van der Waals surface area (Å²) in [7, 11) is 1.63. The van der Waals surface area contributed by atoms with Crippen molar-refractivity contribution in [3.05, 3.63) is 76.1 Å². The third-order valence-electron chi connectivity index (χ3n) is 5.14. The van der Waals surface area contributed by atoms with Gasteiger partial charge < -0.3 is 9.47 Å². The van der Waals surface area contributed by atoms with Crippen LogP contribution in [0.2, 0.25) is 0 Å². The Bertz CT molecular complexity index is 1080. The Morgan fingerprint density at radius 1 is 1.14 bits per heavy atom. The molecule has 7 heteroatoms. The number of nitrogens with zero attached hydrogens (tertiary/aromatic N) is 5. The first-order valence-electron chi connectivity index (χ1n) is 9.28. The van der Waals surface area contributed by atoms with Crippen LogP contribution in [0.1, 0.15) is 35.6 Å². The highest BCUT2D eigenvalue weighted by atomic mass is 16.2. The number of hydrogen-bond donors (Lipinski definition) is 0. The van der Waals surface area contributed by atoms with Crippen molar-refractivity contribution in [1.82, 2.24) is 24.2 Å². The standard InChI is InChI=1S/C21H23N5O2/c1-21(2)11-17-15(12-23-26(17)18-8-4-5-10-22-18)13-25(14-21)20(28)16-7-6-9-19(27)24(16)3/h4-10,12H,11,13-14H2,1-3H3. The van der Waals surface area contributed by atoms with Crippen LogP contribution in [0.3, 0.4) is 0 Å². The Morgan fingerprint density at radius 2 is 1.96 bits per heavy atom. The highest BCUT2D eigenvalue weighted by molar-refractivity contribution is 5.92. The maximum Gasteiger partial charge on any atom is 0.270 e. The first kappa shape index (κ1) is 18.2. The Kier molecular flexibility index (Phi) is 4.37. The van der Waals surface area contributed by atoms with Gasteiger partial charge in [0.2, 0.25) is 0 Å². The van der Waals surface area contributed by atoms with Crippen LogP contribution in [0.5, 0.6) is 0 Å². The summed E-state index contributed by atoms with van der Waals surface area (Å²) >= 11 is 0. The van der Waals surface area contributed by atoms with Gasteiger partial charge in [-0.05, 0) is 30.0 Å². The normalized spacial score (nSPS) is 15.8. The van der Waals surface area contributed by atoms with E-state index in [2.05, 4.69) is 23.9 Å². The highest BCUT2D eigenvalue weighted by Gasteiger charge is 2.33. The molecule has 3 aromatic rings. The average Bonchev–Trinajstić information content (AvgIpc) is 2.98. The summed E-state index contributed by atoms with van der Waals surface area (Å²) in [5.41, 5.74) is 2.13. The van der Waals surface area contributed by atoms with Crippen molar-refractivity contribution in [2.45, 2.75) is 26.8 Å². The van der Waals surface area contributed by atoms with Gasteiger partial charge in [-0.15, -0.1) is 0 Å². The summed E-state index contributed by atoms with van der Waals surface area (Å²) in [6.07, 6.45) is 4.34. The minimum atomic E-state index is -0.191. The Morgan fingerprint density at radius 3 is 2.71 bits per heavy atom. The maximum absolute atomic E-state index is 13.2. The molecular weight excluding hydrogens is 354 g/mol. The molecule has 7 nitrogen and oxygen atoms in total. The molecule has 4 rings (SSSR count). The van der Waals surface area contributed by atoms with Crippen LogP contribution in [0.15, 0.2) is 53.6 Å². The number of carbonyl (C=O) groups excluding carboxylic acids is 1. The molecule has 1 amide bonds. The van der Waals surface area contributed by atoms with Gasteiger partial charge in [0.15, 0.2) is 5.82 Å². The summed E-state index contributed by atoms with van der Waals surface area (Å²) in [6, 6.07) is 10.5. The van der Waals surface area contributed by atoms with Gasteiger partial charge in [-0.1, -0.05) is 26.0 Å². The molecule has 1 aliphatic rings. The van der Waals surface area contributed by atoms with Crippen LogP contribution in [0.25, 0.3) is 5.82 Å². The van der Waals surface area contributed by atoms with E-state index in [1.54, 1.807) is 25.4 Å². The Balaban J connectivity index is 1.74. The molecule has 0 saturated carbocycles. The number of carbonyl (C=O) groups is 1. The molecule has 0 aromatic carbocycles. The van der Waals surface area contributed by atoms with Crippen LogP contribution in [-0.2, 0) is 20.0 Å². The molecule has 0 radical (unpaired) electrons. The molecule has 0 aliphatic carbocycles. The van der Waals surface area contributed by atoms with E-state index in [1.165, 1.54) is 10.6 Å². The molecule has 28 heavy (non-hydrogen) atoms. The number of aromatic nitrogens is 4. The summed E-state index contributed by atoms with van der Waals surface area (Å²) in [4.78, 5) is 31.4. The topological polar surface area (TPSA) is 73.0 Å². The summed E-state index contributed by atoms with van der Waals surface area (Å²) in [5, 5.41) is 4.53. The van der Waals surface area contributed by atoms with Crippen molar-refractivity contribution in [3.63, 3.8) is 0 Å². The van der Waals surface area contributed by atoms with Gasteiger partial charge in [0, 0.05) is 38.0 Å². The van der Waals surface area contributed by atoms with E-state index in [9.17, 15) is 9.59 Å². The van der Waals surface area contributed by atoms with Crippen molar-refractivity contribution in [2.75, 3.05) is 6.54 Å². The van der Waals surface area contributed by atoms with Crippen LogP contribution >= 0.6 is 0 Å². The second kappa shape index (κ2) is 6.74. The molecule has 0 atom stereocenters. The Hall–Kier alpha value is -3.22. The fourth-order valence-electron chi connectivity index (χ4n) is 3.78. The predicted octanol–water partition coefficient (Wildman–Crippen LogP) is 2.19. The molecular formula is C21H23N5O2. The van der Waals surface area contributed by atoms with Crippen molar-refractivity contribution < 1.29 is 4.79 Å². The van der Waals surface area contributed by atoms with Crippen LogP contribution < -0.4 is 5.56 Å². The molecule has 144 valence electrons. The van der Waals surface area contributed by atoms with Gasteiger partial charge in [0.25, 0.3) is 11.5 Å². The maximum atomic E-state index is 13.2. The van der Waals surface area contributed by atoms with Crippen molar-refractivity contribution in [1.29, 1.82) is 0 Å². The van der Waals surface area contributed by atoms with Crippen LogP contribution in [0, 0.1) is 5.41 Å². The monoisotopic (exact) mass is 377 g/mol. The molecule has 3 aromatic heterocycles. The molecule has 0 bridgehead atoms.